The predicted octanol–water partition coefficient (Wildman–Crippen LogP) is 2.06. The molecule has 0 spiro atoms. The van der Waals surface area contributed by atoms with Gasteiger partial charge in [-0.05, 0) is 58.0 Å². The third-order valence-corrected chi connectivity index (χ3v) is 6.78. The highest BCUT2D eigenvalue weighted by molar-refractivity contribution is 5.81. The maximum atomic E-state index is 12.6. The minimum atomic E-state index is 0.286. The van der Waals surface area contributed by atoms with E-state index in [2.05, 4.69) is 39.3 Å². The topological polar surface area (TPSA) is 60.0 Å². The molecular weight excluding hydrogens is 338 g/mol. The first kappa shape index (κ1) is 20.4. The highest BCUT2D eigenvalue weighted by atomic mass is 16.2. The first-order valence-corrected chi connectivity index (χ1v) is 11.1. The van der Waals surface area contributed by atoms with Gasteiger partial charge < -0.3 is 15.5 Å². The lowest BCUT2D eigenvalue weighted by molar-refractivity contribution is -0.134. The van der Waals surface area contributed by atoms with Crippen LogP contribution in [0.2, 0.25) is 0 Å². The van der Waals surface area contributed by atoms with Crippen LogP contribution in [0, 0.1) is 11.8 Å². The van der Waals surface area contributed by atoms with Crippen LogP contribution in [0.5, 0.6) is 0 Å². The van der Waals surface area contributed by atoms with E-state index >= 15 is 0 Å². The minimum absolute atomic E-state index is 0.286. The van der Waals surface area contributed by atoms with Gasteiger partial charge in [0.2, 0.25) is 5.91 Å². The van der Waals surface area contributed by atoms with E-state index in [9.17, 15) is 4.79 Å². The Kier molecular flexibility index (Phi) is 7.39. The molecule has 3 aliphatic rings. The van der Waals surface area contributed by atoms with Crippen LogP contribution in [0.15, 0.2) is 4.99 Å². The number of piperidine rings is 1. The Labute approximate surface area is 165 Å². The molecule has 27 heavy (non-hydrogen) atoms. The molecule has 0 aromatic rings. The Morgan fingerprint density at radius 3 is 2.48 bits per heavy atom. The zero-order valence-electron chi connectivity index (χ0n) is 17.5. The van der Waals surface area contributed by atoms with Crippen LogP contribution in [-0.2, 0) is 4.79 Å². The van der Waals surface area contributed by atoms with Crippen LogP contribution in [0.3, 0.4) is 0 Å². The summed E-state index contributed by atoms with van der Waals surface area (Å²) in [7, 11) is 1.83. The monoisotopic (exact) mass is 377 g/mol. The van der Waals surface area contributed by atoms with E-state index in [1.165, 1.54) is 38.8 Å². The number of hydrogen-bond acceptors (Lipinski definition) is 3. The largest absolute Gasteiger partial charge is 0.355 e. The van der Waals surface area contributed by atoms with Crippen molar-refractivity contribution in [3.05, 3.63) is 0 Å². The molecule has 0 aromatic heterocycles. The van der Waals surface area contributed by atoms with Crippen LogP contribution in [-0.4, -0.2) is 73.5 Å². The molecule has 2 N–H and O–H groups in total. The van der Waals surface area contributed by atoms with Crippen molar-refractivity contribution in [2.75, 3.05) is 39.8 Å². The van der Waals surface area contributed by atoms with Gasteiger partial charge in [-0.2, -0.15) is 0 Å². The van der Waals surface area contributed by atoms with E-state index < -0.39 is 0 Å². The fraction of sp³-hybridized carbons (Fsp3) is 0.905. The Balaban J connectivity index is 1.39. The van der Waals surface area contributed by atoms with E-state index in [0.29, 0.717) is 18.0 Å². The summed E-state index contributed by atoms with van der Waals surface area (Å²) in [5.74, 6) is 2.41. The van der Waals surface area contributed by atoms with Gasteiger partial charge in [-0.1, -0.05) is 19.8 Å². The number of amides is 1. The normalized spacial score (nSPS) is 27.1. The van der Waals surface area contributed by atoms with Crippen molar-refractivity contribution in [1.29, 1.82) is 0 Å². The second-order valence-electron chi connectivity index (χ2n) is 8.92. The number of rotatable bonds is 5. The van der Waals surface area contributed by atoms with Crippen LogP contribution in [0.1, 0.15) is 58.8 Å². The molecule has 154 valence electrons. The molecule has 6 nitrogen and oxygen atoms in total. The lowest BCUT2D eigenvalue weighted by Gasteiger charge is -2.35. The zero-order valence-corrected chi connectivity index (χ0v) is 17.5. The number of nitrogens with zero attached hydrogens (tertiary/aromatic N) is 3. The van der Waals surface area contributed by atoms with E-state index in [1.807, 2.05) is 7.05 Å². The Bertz CT molecular complexity index is 509. The quantitative estimate of drug-likeness (QED) is 0.569. The molecule has 0 radical (unpaired) electrons. The third kappa shape index (κ3) is 5.59. The van der Waals surface area contributed by atoms with Gasteiger partial charge >= 0.3 is 0 Å². The Morgan fingerprint density at radius 1 is 1.11 bits per heavy atom. The first-order chi connectivity index (χ1) is 13.1. The number of aliphatic imine (C=N–C) groups is 1. The number of carbonyl (C=O) groups excluding carboxylic acids is 1. The van der Waals surface area contributed by atoms with Crippen molar-refractivity contribution in [3.8, 4) is 0 Å². The smallest absolute Gasteiger partial charge is 0.225 e. The summed E-state index contributed by atoms with van der Waals surface area (Å²) in [6.45, 7) is 9.67. The maximum Gasteiger partial charge on any atom is 0.225 e. The molecule has 2 saturated heterocycles. The van der Waals surface area contributed by atoms with Crippen LogP contribution in [0.25, 0.3) is 0 Å². The summed E-state index contributed by atoms with van der Waals surface area (Å²) in [4.78, 5) is 21.7. The highest BCUT2D eigenvalue weighted by Crippen LogP contribution is 2.27. The Hall–Kier alpha value is -1.30. The summed E-state index contributed by atoms with van der Waals surface area (Å²) in [5.41, 5.74) is 0. The van der Waals surface area contributed by atoms with Crippen molar-refractivity contribution < 1.29 is 4.79 Å². The van der Waals surface area contributed by atoms with E-state index in [0.717, 1.165) is 50.8 Å². The molecule has 1 aliphatic carbocycles. The summed E-state index contributed by atoms with van der Waals surface area (Å²) in [5, 5.41) is 7.03. The number of hydrogen-bond donors (Lipinski definition) is 2. The van der Waals surface area contributed by atoms with Crippen molar-refractivity contribution in [3.63, 3.8) is 0 Å². The molecule has 3 fully saturated rings. The third-order valence-electron chi connectivity index (χ3n) is 6.78. The van der Waals surface area contributed by atoms with Crippen LogP contribution in [0.4, 0.5) is 0 Å². The van der Waals surface area contributed by atoms with E-state index in [1.54, 1.807) is 0 Å². The standard InChI is InChI=1S/C21H39N5O/c1-16-8-11-25(12-9-16)17(2)14-23-21(22-3)24-19-10-13-26(15-19)20(27)18-6-4-5-7-18/h16-19H,4-15H2,1-3H3,(H2,22,23,24). The molecule has 2 unspecified atom stereocenters. The van der Waals surface area contributed by atoms with Gasteiger partial charge in [0, 0.05) is 44.7 Å². The van der Waals surface area contributed by atoms with Gasteiger partial charge in [-0.3, -0.25) is 14.7 Å². The van der Waals surface area contributed by atoms with E-state index in [-0.39, 0.29) is 5.92 Å². The molecule has 1 amide bonds. The molecule has 1 saturated carbocycles. The van der Waals surface area contributed by atoms with Gasteiger partial charge in [0.1, 0.15) is 0 Å². The average Bonchev–Trinajstić information content (AvgIpc) is 3.37. The predicted molar refractivity (Wildman–Crippen MR) is 111 cm³/mol. The van der Waals surface area contributed by atoms with Gasteiger partial charge in [0.05, 0.1) is 0 Å². The molecule has 0 bridgehead atoms. The average molecular weight is 378 g/mol. The zero-order chi connectivity index (χ0) is 19.2. The first-order valence-electron chi connectivity index (χ1n) is 11.1. The maximum absolute atomic E-state index is 12.6. The number of likely N-dealkylation sites (tertiary alicyclic amines) is 2. The highest BCUT2D eigenvalue weighted by Gasteiger charge is 2.32. The molecular formula is C21H39N5O. The molecule has 2 atom stereocenters. The second-order valence-corrected chi connectivity index (χ2v) is 8.92. The van der Waals surface area contributed by atoms with Gasteiger partial charge in [-0.15, -0.1) is 0 Å². The summed E-state index contributed by atoms with van der Waals surface area (Å²) < 4.78 is 0. The van der Waals surface area contributed by atoms with Crippen molar-refractivity contribution in [2.45, 2.75) is 70.9 Å². The summed E-state index contributed by atoms with van der Waals surface area (Å²) in [6.07, 6.45) is 8.24. The van der Waals surface area contributed by atoms with E-state index in [4.69, 9.17) is 0 Å². The van der Waals surface area contributed by atoms with Gasteiger partial charge in [-0.25, -0.2) is 0 Å². The van der Waals surface area contributed by atoms with Crippen molar-refractivity contribution >= 4 is 11.9 Å². The fourth-order valence-corrected chi connectivity index (χ4v) is 4.74. The molecule has 6 heteroatoms. The van der Waals surface area contributed by atoms with Gasteiger partial charge in [0.15, 0.2) is 5.96 Å². The number of nitrogens with one attached hydrogen (secondary N) is 2. The molecule has 2 aliphatic heterocycles. The lowest BCUT2D eigenvalue weighted by Crippen LogP contribution is -2.50. The molecule has 3 rings (SSSR count). The second kappa shape index (κ2) is 9.76. The number of guanidine groups is 1. The van der Waals surface area contributed by atoms with Crippen LogP contribution < -0.4 is 10.6 Å². The fourth-order valence-electron chi connectivity index (χ4n) is 4.74. The van der Waals surface area contributed by atoms with Crippen molar-refractivity contribution in [1.82, 2.24) is 20.4 Å². The minimum Gasteiger partial charge on any atom is -0.355 e. The van der Waals surface area contributed by atoms with Gasteiger partial charge in [0.25, 0.3) is 0 Å². The van der Waals surface area contributed by atoms with Crippen molar-refractivity contribution in [2.24, 2.45) is 16.8 Å². The lowest BCUT2D eigenvalue weighted by atomic mass is 9.98. The Morgan fingerprint density at radius 2 is 1.81 bits per heavy atom. The van der Waals surface area contributed by atoms with Crippen LogP contribution >= 0.6 is 0 Å². The SMILES string of the molecule is CN=C(NCC(C)N1CCC(C)CC1)NC1CCN(C(=O)C2CCCC2)C1. The molecule has 0 aromatic carbocycles. The summed E-state index contributed by atoms with van der Waals surface area (Å²) in [6, 6.07) is 0.827. The summed E-state index contributed by atoms with van der Waals surface area (Å²) >= 11 is 0. The number of carbonyl (C=O) groups is 1. The molecule has 2 heterocycles.